The Hall–Kier alpha value is -2.44. The highest BCUT2D eigenvalue weighted by Gasteiger charge is 2.24. The molecule has 28 heavy (non-hydrogen) atoms. The summed E-state index contributed by atoms with van der Waals surface area (Å²) < 4.78 is 4.41. The molecule has 1 N–H and O–H groups in total. The molecule has 0 saturated carbocycles. The fourth-order valence-corrected chi connectivity index (χ4v) is 4.50. The molecule has 146 valence electrons. The number of aryl methyl sites for hydroxylation is 1. The molecule has 2 aliphatic heterocycles. The first-order valence-electron chi connectivity index (χ1n) is 10.3. The van der Waals surface area contributed by atoms with Crippen LogP contribution in [0, 0.1) is 12.8 Å². The summed E-state index contributed by atoms with van der Waals surface area (Å²) in [7, 11) is 0. The molecule has 5 rings (SSSR count). The Morgan fingerprint density at radius 1 is 1.21 bits per heavy atom. The number of likely N-dealkylation sites (tertiary alicyclic amines) is 1. The zero-order chi connectivity index (χ0) is 18.9. The van der Waals surface area contributed by atoms with Crippen molar-refractivity contribution in [3.8, 4) is 11.5 Å². The van der Waals surface area contributed by atoms with Crippen LogP contribution in [0.5, 0.6) is 0 Å². The molecular weight excluding hydrogens is 348 g/mol. The number of imidazole rings is 1. The zero-order valence-corrected chi connectivity index (χ0v) is 16.5. The van der Waals surface area contributed by atoms with Gasteiger partial charge in [0.1, 0.15) is 5.69 Å². The summed E-state index contributed by atoms with van der Waals surface area (Å²) >= 11 is 0. The van der Waals surface area contributed by atoms with Gasteiger partial charge in [0.05, 0.1) is 12.2 Å². The average molecular weight is 377 g/mol. The van der Waals surface area contributed by atoms with Crippen LogP contribution in [0.15, 0.2) is 42.7 Å². The quantitative estimate of drug-likeness (QED) is 0.744. The molecule has 4 heterocycles. The van der Waals surface area contributed by atoms with E-state index in [9.17, 15) is 0 Å². The van der Waals surface area contributed by atoms with E-state index in [4.69, 9.17) is 5.10 Å². The van der Waals surface area contributed by atoms with Crippen molar-refractivity contribution < 1.29 is 0 Å². The molecule has 0 aliphatic carbocycles. The lowest BCUT2D eigenvalue weighted by Gasteiger charge is -2.18. The van der Waals surface area contributed by atoms with E-state index < -0.39 is 0 Å². The fourth-order valence-electron chi connectivity index (χ4n) is 4.50. The summed E-state index contributed by atoms with van der Waals surface area (Å²) in [5, 5.41) is 8.20. The van der Waals surface area contributed by atoms with E-state index in [1.807, 2.05) is 6.20 Å². The van der Waals surface area contributed by atoms with Gasteiger partial charge in [-0.25, -0.2) is 4.98 Å². The number of rotatable bonds is 5. The highest BCUT2D eigenvalue weighted by atomic mass is 15.3. The maximum atomic E-state index is 4.79. The SMILES string of the molecule is Cc1ccccc1CN1CC[C@@H](Cn2ccnc2-c2cc3n(n2)CCNC3)C1. The third-order valence-corrected chi connectivity index (χ3v) is 6.09. The molecule has 1 saturated heterocycles. The maximum Gasteiger partial charge on any atom is 0.160 e. The van der Waals surface area contributed by atoms with Gasteiger partial charge in [0.25, 0.3) is 0 Å². The number of aromatic nitrogens is 4. The number of benzene rings is 1. The van der Waals surface area contributed by atoms with Gasteiger partial charge in [0, 0.05) is 45.1 Å². The predicted molar refractivity (Wildman–Crippen MR) is 110 cm³/mol. The maximum absolute atomic E-state index is 4.79. The lowest BCUT2D eigenvalue weighted by atomic mass is 10.1. The monoisotopic (exact) mass is 376 g/mol. The molecular formula is C22H28N6. The first-order chi connectivity index (χ1) is 13.8. The van der Waals surface area contributed by atoms with E-state index in [2.05, 4.69) is 67.9 Å². The number of nitrogens with one attached hydrogen (secondary N) is 1. The molecule has 1 atom stereocenters. The Kier molecular flexibility index (Phi) is 4.74. The van der Waals surface area contributed by atoms with Crippen LogP contribution in [0.25, 0.3) is 11.5 Å². The Morgan fingerprint density at radius 2 is 2.14 bits per heavy atom. The van der Waals surface area contributed by atoms with Crippen molar-refractivity contribution in [2.24, 2.45) is 5.92 Å². The van der Waals surface area contributed by atoms with Gasteiger partial charge in [-0.3, -0.25) is 9.58 Å². The molecule has 0 unspecified atom stereocenters. The van der Waals surface area contributed by atoms with Crippen molar-refractivity contribution in [3.63, 3.8) is 0 Å². The highest BCUT2D eigenvalue weighted by molar-refractivity contribution is 5.50. The Labute approximate surface area is 166 Å². The minimum Gasteiger partial charge on any atom is -0.329 e. The van der Waals surface area contributed by atoms with E-state index >= 15 is 0 Å². The van der Waals surface area contributed by atoms with Gasteiger partial charge in [-0.2, -0.15) is 5.10 Å². The van der Waals surface area contributed by atoms with Crippen LogP contribution in [-0.2, 0) is 26.2 Å². The number of nitrogens with zero attached hydrogens (tertiary/aromatic N) is 5. The molecule has 0 amide bonds. The van der Waals surface area contributed by atoms with Crippen LogP contribution in [0.2, 0.25) is 0 Å². The van der Waals surface area contributed by atoms with Crippen molar-refractivity contribution in [2.75, 3.05) is 19.6 Å². The van der Waals surface area contributed by atoms with Gasteiger partial charge in [-0.05, 0) is 43.0 Å². The van der Waals surface area contributed by atoms with Crippen molar-refractivity contribution in [1.29, 1.82) is 0 Å². The van der Waals surface area contributed by atoms with E-state index in [-0.39, 0.29) is 0 Å². The van der Waals surface area contributed by atoms with Gasteiger partial charge in [-0.15, -0.1) is 0 Å². The number of hydrogen-bond acceptors (Lipinski definition) is 4. The first-order valence-corrected chi connectivity index (χ1v) is 10.3. The summed E-state index contributed by atoms with van der Waals surface area (Å²) in [6.45, 7) is 9.42. The molecule has 6 nitrogen and oxygen atoms in total. The molecule has 2 aliphatic rings. The zero-order valence-electron chi connectivity index (χ0n) is 16.5. The molecule has 0 spiro atoms. The van der Waals surface area contributed by atoms with Gasteiger partial charge in [0.15, 0.2) is 5.82 Å². The summed E-state index contributed by atoms with van der Waals surface area (Å²) in [5.74, 6) is 1.66. The normalized spacial score (nSPS) is 19.8. The molecule has 0 bridgehead atoms. The third kappa shape index (κ3) is 3.50. The lowest BCUT2D eigenvalue weighted by Crippen LogP contribution is -2.28. The van der Waals surface area contributed by atoms with Gasteiger partial charge in [-0.1, -0.05) is 24.3 Å². The molecule has 0 radical (unpaired) electrons. The molecule has 3 aromatic rings. The van der Waals surface area contributed by atoms with Gasteiger partial charge >= 0.3 is 0 Å². The summed E-state index contributed by atoms with van der Waals surface area (Å²) in [5.41, 5.74) is 5.09. The van der Waals surface area contributed by atoms with E-state index in [0.717, 1.165) is 50.8 Å². The Morgan fingerprint density at radius 3 is 3.04 bits per heavy atom. The second kappa shape index (κ2) is 7.53. The first kappa shape index (κ1) is 17.6. The topological polar surface area (TPSA) is 50.9 Å². The van der Waals surface area contributed by atoms with E-state index in [0.29, 0.717) is 5.92 Å². The standard InChI is InChI=1S/C22H28N6/c1-17-4-2-3-5-19(17)16-26-9-6-18(14-26)15-27-10-8-24-22(27)21-12-20-13-23-7-11-28(20)25-21/h2-5,8,10,12,18,23H,6-7,9,11,13-16H2,1H3/t18-/m1/s1. The third-order valence-electron chi connectivity index (χ3n) is 6.09. The van der Waals surface area contributed by atoms with Crippen LogP contribution in [-0.4, -0.2) is 43.9 Å². The minimum absolute atomic E-state index is 0.663. The van der Waals surface area contributed by atoms with E-state index in [1.165, 1.54) is 29.8 Å². The second-order valence-electron chi connectivity index (χ2n) is 8.14. The highest BCUT2D eigenvalue weighted by Crippen LogP contribution is 2.25. The molecule has 1 aromatic carbocycles. The average Bonchev–Trinajstić information content (AvgIpc) is 3.43. The number of hydrogen-bond donors (Lipinski definition) is 1. The van der Waals surface area contributed by atoms with Crippen LogP contribution < -0.4 is 5.32 Å². The van der Waals surface area contributed by atoms with Gasteiger partial charge in [0.2, 0.25) is 0 Å². The molecule has 6 heteroatoms. The largest absolute Gasteiger partial charge is 0.329 e. The Bertz CT molecular complexity index is 932. The summed E-state index contributed by atoms with van der Waals surface area (Å²) in [4.78, 5) is 7.21. The summed E-state index contributed by atoms with van der Waals surface area (Å²) in [6.07, 6.45) is 5.26. The van der Waals surface area contributed by atoms with E-state index in [1.54, 1.807) is 0 Å². The summed E-state index contributed by atoms with van der Waals surface area (Å²) in [6, 6.07) is 10.9. The van der Waals surface area contributed by atoms with Crippen LogP contribution in [0.4, 0.5) is 0 Å². The van der Waals surface area contributed by atoms with Crippen molar-refractivity contribution in [2.45, 2.75) is 39.5 Å². The smallest absolute Gasteiger partial charge is 0.160 e. The molecule has 2 aromatic heterocycles. The van der Waals surface area contributed by atoms with Crippen LogP contribution >= 0.6 is 0 Å². The Balaban J connectivity index is 1.26. The number of fused-ring (bicyclic) bond motifs is 1. The van der Waals surface area contributed by atoms with Gasteiger partial charge < -0.3 is 9.88 Å². The predicted octanol–water partition coefficient (Wildman–Crippen LogP) is 2.68. The minimum atomic E-state index is 0.663. The van der Waals surface area contributed by atoms with Crippen molar-refractivity contribution in [3.05, 3.63) is 59.5 Å². The molecule has 1 fully saturated rings. The van der Waals surface area contributed by atoms with Crippen molar-refractivity contribution >= 4 is 0 Å². The van der Waals surface area contributed by atoms with Crippen molar-refractivity contribution in [1.82, 2.24) is 29.5 Å². The second-order valence-corrected chi connectivity index (χ2v) is 8.14. The fraction of sp³-hybridized carbons (Fsp3) is 0.455. The van der Waals surface area contributed by atoms with Crippen LogP contribution in [0.3, 0.4) is 0 Å². The lowest BCUT2D eigenvalue weighted by molar-refractivity contribution is 0.309. The van der Waals surface area contributed by atoms with Crippen LogP contribution in [0.1, 0.15) is 23.2 Å².